The van der Waals surface area contributed by atoms with Crippen LogP contribution >= 0.6 is 11.3 Å². The van der Waals surface area contributed by atoms with Crippen LogP contribution in [0.25, 0.3) is 0 Å². The Morgan fingerprint density at radius 2 is 2.14 bits per heavy atom. The average Bonchev–Trinajstić information content (AvgIpc) is 3.13. The molecule has 1 aromatic heterocycles. The number of aromatic nitrogens is 1. The number of carbonyl (C=O) groups is 2. The molecular formula is C15H22N2O3S. The van der Waals surface area contributed by atoms with E-state index in [0.717, 1.165) is 17.8 Å². The van der Waals surface area contributed by atoms with Crippen LogP contribution in [0.15, 0.2) is 11.6 Å². The molecule has 116 valence electrons. The number of aliphatic carboxylic acids is 1. The van der Waals surface area contributed by atoms with Crippen LogP contribution in [0.2, 0.25) is 0 Å². The molecule has 1 aliphatic carbocycles. The van der Waals surface area contributed by atoms with Gasteiger partial charge in [0.25, 0.3) is 0 Å². The maximum atomic E-state index is 12.5. The fraction of sp³-hybridized carbons (Fsp3) is 0.667. The van der Waals surface area contributed by atoms with E-state index in [9.17, 15) is 14.7 Å². The molecule has 1 aromatic rings. The highest BCUT2D eigenvalue weighted by atomic mass is 32.1. The van der Waals surface area contributed by atoms with Crippen molar-refractivity contribution in [1.82, 2.24) is 10.3 Å². The Balaban J connectivity index is 2.06. The molecule has 2 unspecified atom stereocenters. The maximum Gasteiger partial charge on any atom is 0.307 e. The molecule has 1 aliphatic rings. The Hall–Kier alpha value is -1.43. The predicted octanol–water partition coefficient (Wildman–Crippen LogP) is 2.85. The van der Waals surface area contributed by atoms with Crippen LogP contribution in [-0.4, -0.2) is 22.0 Å². The molecule has 4 atom stereocenters. The van der Waals surface area contributed by atoms with E-state index in [-0.39, 0.29) is 11.9 Å². The zero-order valence-corrected chi connectivity index (χ0v) is 13.2. The highest BCUT2D eigenvalue weighted by molar-refractivity contribution is 7.09. The highest BCUT2D eigenvalue weighted by Gasteiger charge is 2.42. The third-order valence-corrected chi connectivity index (χ3v) is 5.26. The van der Waals surface area contributed by atoms with Gasteiger partial charge >= 0.3 is 5.97 Å². The lowest BCUT2D eigenvalue weighted by atomic mass is 9.95. The van der Waals surface area contributed by atoms with Crippen molar-refractivity contribution in [2.75, 3.05) is 0 Å². The SMILES string of the molecule is CCC1C[C@H](C(=O)NC(CC)c2nccs2)[C@H](C(=O)O)C1. The van der Waals surface area contributed by atoms with Crippen molar-refractivity contribution in [2.24, 2.45) is 17.8 Å². The van der Waals surface area contributed by atoms with Gasteiger partial charge in [0.05, 0.1) is 17.9 Å². The van der Waals surface area contributed by atoms with E-state index in [0.29, 0.717) is 18.8 Å². The first-order valence-corrected chi connectivity index (χ1v) is 8.37. The molecule has 6 heteroatoms. The van der Waals surface area contributed by atoms with Crippen molar-refractivity contribution in [1.29, 1.82) is 0 Å². The second kappa shape index (κ2) is 7.02. The first-order chi connectivity index (χ1) is 10.1. The molecule has 21 heavy (non-hydrogen) atoms. The molecule has 2 N–H and O–H groups in total. The summed E-state index contributed by atoms with van der Waals surface area (Å²) in [6.45, 7) is 4.04. The van der Waals surface area contributed by atoms with E-state index in [1.807, 2.05) is 19.2 Å². The zero-order chi connectivity index (χ0) is 15.4. The summed E-state index contributed by atoms with van der Waals surface area (Å²) < 4.78 is 0. The minimum absolute atomic E-state index is 0.118. The molecule has 1 amide bonds. The number of hydrogen-bond donors (Lipinski definition) is 2. The van der Waals surface area contributed by atoms with Crippen LogP contribution in [0.4, 0.5) is 0 Å². The van der Waals surface area contributed by atoms with Gasteiger partial charge in [0.15, 0.2) is 0 Å². The Labute approximate surface area is 128 Å². The van der Waals surface area contributed by atoms with Gasteiger partial charge in [-0.25, -0.2) is 4.98 Å². The van der Waals surface area contributed by atoms with Crippen LogP contribution in [0.1, 0.15) is 50.6 Å². The molecule has 0 saturated heterocycles. The average molecular weight is 310 g/mol. The van der Waals surface area contributed by atoms with Gasteiger partial charge in [0.2, 0.25) is 5.91 Å². The molecule has 1 saturated carbocycles. The Kier molecular flexibility index (Phi) is 5.33. The molecule has 0 radical (unpaired) electrons. The summed E-state index contributed by atoms with van der Waals surface area (Å²) in [5.41, 5.74) is 0. The number of nitrogens with one attached hydrogen (secondary N) is 1. The fourth-order valence-electron chi connectivity index (χ4n) is 3.06. The molecule has 5 nitrogen and oxygen atoms in total. The number of nitrogens with zero attached hydrogens (tertiary/aromatic N) is 1. The molecular weight excluding hydrogens is 288 g/mol. The monoisotopic (exact) mass is 310 g/mol. The minimum atomic E-state index is -0.853. The third kappa shape index (κ3) is 3.61. The summed E-state index contributed by atoms with van der Waals surface area (Å²) in [5, 5.41) is 15.1. The van der Waals surface area contributed by atoms with E-state index in [1.165, 1.54) is 11.3 Å². The molecule has 1 heterocycles. The summed E-state index contributed by atoms with van der Waals surface area (Å²) in [6, 6.07) is -0.118. The highest BCUT2D eigenvalue weighted by Crippen LogP contribution is 2.39. The van der Waals surface area contributed by atoms with Gasteiger partial charge in [-0.1, -0.05) is 20.3 Å². The van der Waals surface area contributed by atoms with Crippen molar-refractivity contribution < 1.29 is 14.7 Å². The lowest BCUT2D eigenvalue weighted by Crippen LogP contribution is -2.37. The van der Waals surface area contributed by atoms with E-state index in [4.69, 9.17) is 0 Å². The van der Waals surface area contributed by atoms with Crippen molar-refractivity contribution in [3.8, 4) is 0 Å². The molecule has 1 fully saturated rings. The number of amides is 1. The van der Waals surface area contributed by atoms with Crippen LogP contribution in [-0.2, 0) is 9.59 Å². The summed E-state index contributed by atoms with van der Waals surface area (Å²) >= 11 is 1.51. The maximum absolute atomic E-state index is 12.5. The smallest absolute Gasteiger partial charge is 0.307 e. The number of hydrogen-bond acceptors (Lipinski definition) is 4. The first kappa shape index (κ1) is 15.9. The predicted molar refractivity (Wildman–Crippen MR) is 80.9 cm³/mol. The topological polar surface area (TPSA) is 79.3 Å². The Bertz CT molecular complexity index is 489. The first-order valence-electron chi connectivity index (χ1n) is 7.49. The second-order valence-corrected chi connectivity index (χ2v) is 6.56. The fourth-order valence-corrected chi connectivity index (χ4v) is 3.84. The van der Waals surface area contributed by atoms with E-state index >= 15 is 0 Å². The van der Waals surface area contributed by atoms with Crippen LogP contribution in [0.3, 0.4) is 0 Å². The molecule has 2 rings (SSSR count). The molecule has 0 aromatic carbocycles. The Morgan fingerprint density at radius 1 is 1.43 bits per heavy atom. The van der Waals surface area contributed by atoms with Crippen LogP contribution < -0.4 is 5.32 Å². The van der Waals surface area contributed by atoms with E-state index in [1.54, 1.807) is 6.20 Å². The third-order valence-electron chi connectivity index (χ3n) is 4.37. The van der Waals surface area contributed by atoms with Crippen LogP contribution in [0.5, 0.6) is 0 Å². The van der Waals surface area contributed by atoms with Gasteiger partial charge in [0, 0.05) is 11.6 Å². The van der Waals surface area contributed by atoms with Gasteiger partial charge in [-0.3, -0.25) is 9.59 Å². The molecule has 0 bridgehead atoms. The van der Waals surface area contributed by atoms with E-state index in [2.05, 4.69) is 10.3 Å². The van der Waals surface area contributed by atoms with Gasteiger partial charge in [0.1, 0.15) is 5.01 Å². The number of carbonyl (C=O) groups excluding carboxylic acids is 1. The largest absolute Gasteiger partial charge is 0.481 e. The number of carboxylic acids is 1. The standard InChI is InChI=1S/C15H22N2O3S/c1-3-9-7-10(11(8-9)15(19)20)13(18)17-12(4-2)14-16-5-6-21-14/h5-6,9-12H,3-4,7-8H2,1-2H3,(H,17,18)(H,19,20)/t9?,10-,11+,12?/m0/s1. The minimum Gasteiger partial charge on any atom is -0.481 e. The number of rotatable bonds is 6. The van der Waals surface area contributed by atoms with Gasteiger partial charge in [-0.05, 0) is 25.2 Å². The van der Waals surface area contributed by atoms with Crippen molar-refractivity contribution in [3.63, 3.8) is 0 Å². The summed E-state index contributed by atoms with van der Waals surface area (Å²) in [5.74, 6) is -1.62. The van der Waals surface area contributed by atoms with E-state index < -0.39 is 17.8 Å². The molecule has 0 spiro atoms. The summed E-state index contributed by atoms with van der Waals surface area (Å²) in [7, 11) is 0. The van der Waals surface area contributed by atoms with Gasteiger partial charge in [-0.2, -0.15) is 0 Å². The quantitative estimate of drug-likeness (QED) is 0.847. The van der Waals surface area contributed by atoms with Crippen molar-refractivity contribution in [3.05, 3.63) is 16.6 Å². The van der Waals surface area contributed by atoms with Crippen LogP contribution in [0, 0.1) is 17.8 Å². The van der Waals surface area contributed by atoms with Crippen molar-refractivity contribution in [2.45, 2.75) is 45.6 Å². The zero-order valence-electron chi connectivity index (χ0n) is 12.4. The van der Waals surface area contributed by atoms with Gasteiger partial charge in [-0.15, -0.1) is 11.3 Å². The normalized spacial score (nSPS) is 26.5. The summed E-state index contributed by atoms with van der Waals surface area (Å²) in [6.07, 6.45) is 4.68. The lowest BCUT2D eigenvalue weighted by Gasteiger charge is -2.20. The number of carboxylic acid groups (broad SMARTS) is 1. The van der Waals surface area contributed by atoms with Gasteiger partial charge < -0.3 is 10.4 Å². The summed E-state index contributed by atoms with van der Waals surface area (Å²) in [4.78, 5) is 28.1. The Morgan fingerprint density at radius 3 is 2.67 bits per heavy atom. The lowest BCUT2D eigenvalue weighted by molar-refractivity contribution is -0.146. The van der Waals surface area contributed by atoms with Crippen molar-refractivity contribution >= 4 is 23.2 Å². The number of thiazole rings is 1. The molecule has 0 aliphatic heterocycles. The second-order valence-electron chi connectivity index (χ2n) is 5.64.